The van der Waals surface area contributed by atoms with Gasteiger partial charge in [-0.2, -0.15) is 0 Å². The van der Waals surface area contributed by atoms with Gasteiger partial charge in [0.1, 0.15) is 5.82 Å². The number of rotatable bonds is 6. The van der Waals surface area contributed by atoms with E-state index in [0.717, 1.165) is 10.1 Å². The fourth-order valence-corrected chi connectivity index (χ4v) is 4.32. The first kappa shape index (κ1) is 17.2. The zero-order valence-corrected chi connectivity index (χ0v) is 15.5. The number of carbonyl (C=O) groups excluding carboxylic acids is 1. The molecule has 0 atom stereocenters. The normalized spacial score (nSPS) is 15.0. The minimum Gasteiger partial charge on any atom is -0.356 e. The van der Waals surface area contributed by atoms with Gasteiger partial charge in [-0.15, -0.1) is 10.2 Å². The number of hydrogen-bond donors (Lipinski definition) is 1. The van der Waals surface area contributed by atoms with Crippen LogP contribution in [0.25, 0.3) is 11.3 Å². The highest BCUT2D eigenvalue weighted by Crippen LogP contribution is 2.49. The van der Waals surface area contributed by atoms with Crippen LogP contribution in [-0.2, 0) is 10.2 Å². The second-order valence-electron chi connectivity index (χ2n) is 5.90. The van der Waals surface area contributed by atoms with E-state index in [-0.39, 0.29) is 11.7 Å². The number of carbonyl (C=O) groups is 1. The number of halogens is 1. The first-order valence-corrected chi connectivity index (χ1v) is 9.92. The van der Waals surface area contributed by atoms with E-state index in [0.29, 0.717) is 35.0 Å². The monoisotopic (exact) mass is 390 g/mol. The van der Waals surface area contributed by atoms with Crippen LogP contribution in [0.3, 0.4) is 0 Å². The molecule has 9 heteroatoms. The minimum absolute atomic E-state index is 0.185. The summed E-state index contributed by atoms with van der Waals surface area (Å²) in [6.45, 7) is 2.03. The summed E-state index contributed by atoms with van der Waals surface area (Å²) in [6.07, 6.45) is 1.33. The van der Waals surface area contributed by atoms with Crippen molar-refractivity contribution in [3.63, 3.8) is 0 Å². The average molecular weight is 390 g/mol. The molecule has 26 heavy (non-hydrogen) atoms. The molecule has 1 amide bonds. The number of aromatic nitrogens is 3. The molecule has 1 aliphatic rings. The van der Waals surface area contributed by atoms with Crippen molar-refractivity contribution in [2.24, 2.45) is 0 Å². The Labute approximate surface area is 157 Å². The molecule has 1 N–H and O–H groups in total. The van der Waals surface area contributed by atoms with Gasteiger partial charge in [0.05, 0.1) is 16.7 Å². The maximum Gasteiger partial charge on any atom is 0.238 e. The molecule has 0 spiro atoms. The third kappa shape index (κ3) is 3.12. The first-order valence-electron chi connectivity index (χ1n) is 8.12. The third-order valence-corrected chi connectivity index (χ3v) is 6.07. The average Bonchev–Trinajstić information content (AvgIpc) is 3.09. The van der Waals surface area contributed by atoms with Crippen molar-refractivity contribution in [2.45, 2.75) is 29.5 Å². The second kappa shape index (κ2) is 6.81. The van der Waals surface area contributed by atoms with Crippen LogP contribution in [0.1, 0.15) is 25.5 Å². The molecule has 2 heterocycles. The lowest BCUT2D eigenvalue weighted by Crippen LogP contribution is -2.28. The van der Waals surface area contributed by atoms with Crippen LogP contribution in [-0.4, -0.2) is 27.0 Å². The Balaban J connectivity index is 1.53. The molecule has 2 aromatic heterocycles. The number of hydrogen-bond acceptors (Lipinski definition) is 7. The van der Waals surface area contributed by atoms with Crippen LogP contribution in [0.5, 0.6) is 0 Å². The van der Waals surface area contributed by atoms with Crippen LogP contribution in [0.15, 0.2) is 39.2 Å². The minimum atomic E-state index is -0.739. The van der Waals surface area contributed by atoms with Gasteiger partial charge in [0, 0.05) is 6.07 Å². The Kier molecular flexibility index (Phi) is 4.49. The molecule has 0 radical (unpaired) electrons. The van der Waals surface area contributed by atoms with Gasteiger partial charge in [-0.3, -0.25) is 10.1 Å². The Bertz CT molecular complexity index is 952. The summed E-state index contributed by atoms with van der Waals surface area (Å²) in [6, 6.07) is 7.95. The highest BCUT2D eigenvalue weighted by atomic mass is 32.2. The van der Waals surface area contributed by atoms with E-state index in [1.807, 2.05) is 6.92 Å². The summed E-state index contributed by atoms with van der Waals surface area (Å²) in [7, 11) is 0. The van der Waals surface area contributed by atoms with E-state index in [9.17, 15) is 9.18 Å². The predicted molar refractivity (Wildman–Crippen MR) is 97.7 cm³/mol. The lowest BCUT2D eigenvalue weighted by atomic mass is 10.0. The van der Waals surface area contributed by atoms with Gasteiger partial charge >= 0.3 is 0 Å². The standard InChI is InChI=1S/C17H15FN4O2S2/c1-2-25-16-21-20-15(26-16)19-14(23)17(7-8-17)13-9-12(24-22-13)10-5-3-4-6-11(10)18/h3-6,9H,2,7-8H2,1H3,(H,19,20,23). The highest BCUT2D eigenvalue weighted by Gasteiger charge is 2.54. The van der Waals surface area contributed by atoms with Gasteiger partial charge < -0.3 is 4.52 Å². The van der Waals surface area contributed by atoms with Crippen molar-refractivity contribution in [1.29, 1.82) is 0 Å². The van der Waals surface area contributed by atoms with E-state index in [4.69, 9.17) is 4.52 Å². The number of benzene rings is 1. The lowest BCUT2D eigenvalue weighted by molar-refractivity contribution is -0.118. The maximum absolute atomic E-state index is 13.9. The second-order valence-corrected chi connectivity index (χ2v) is 8.39. The molecule has 0 unspecified atom stereocenters. The summed E-state index contributed by atoms with van der Waals surface area (Å²) in [5.74, 6) is 0.633. The molecule has 4 rings (SSSR count). The zero-order valence-electron chi connectivity index (χ0n) is 13.9. The summed E-state index contributed by atoms with van der Waals surface area (Å²) >= 11 is 2.92. The van der Waals surface area contributed by atoms with E-state index >= 15 is 0 Å². The van der Waals surface area contributed by atoms with Crippen LogP contribution < -0.4 is 5.32 Å². The molecule has 6 nitrogen and oxygen atoms in total. The van der Waals surface area contributed by atoms with Crippen LogP contribution in [0.2, 0.25) is 0 Å². The lowest BCUT2D eigenvalue weighted by Gasteiger charge is -2.09. The SMILES string of the molecule is CCSc1nnc(NC(=O)C2(c3cc(-c4ccccc4F)on3)CC2)s1. The number of thioether (sulfide) groups is 1. The molecular weight excluding hydrogens is 375 g/mol. The predicted octanol–water partition coefficient (Wildman–Crippen LogP) is 4.11. The molecule has 0 aliphatic heterocycles. The van der Waals surface area contributed by atoms with Gasteiger partial charge in [0.15, 0.2) is 10.1 Å². The fraction of sp³-hybridized carbons (Fsp3) is 0.294. The van der Waals surface area contributed by atoms with Crippen molar-refractivity contribution < 1.29 is 13.7 Å². The molecule has 3 aromatic rings. The number of anilines is 1. The third-order valence-electron chi connectivity index (χ3n) is 4.22. The van der Waals surface area contributed by atoms with Crippen molar-refractivity contribution in [2.75, 3.05) is 11.1 Å². The molecule has 0 saturated heterocycles. The van der Waals surface area contributed by atoms with Gasteiger partial charge in [0.2, 0.25) is 11.0 Å². The van der Waals surface area contributed by atoms with Gasteiger partial charge in [0.25, 0.3) is 0 Å². The molecule has 1 fully saturated rings. The summed E-state index contributed by atoms with van der Waals surface area (Å²) < 4.78 is 20.0. The maximum atomic E-state index is 13.9. The molecule has 0 bridgehead atoms. The van der Waals surface area contributed by atoms with Gasteiger partial charge in [-0.05, 0) is 30.7 Å². The fourth-order valence-electron chi connectivity index (χ4n) is 2.67. The van der Waals surface area contributed by atoms with Gasteiger partial charge in [-0.1, -0.05) is 47.3 Å². The molecular formula is C17H15FN4O2S2. The van der Waals surface area contributed by atoms with E-state index in [2.05, 4.69) is 20.7 Å². The Hall–Kier alpha value is -2.26. The molecule has 1 aromatic carbocycles. The highest BCUT2D eigenvalue weighted by molar-refractivity contribution is 8.01. The van der Waals surface area contributed by atoms with Crippen molar-refractivity contribution in [3.05, 3.63) is 41.8 Å². The van der Waals surface area contributed by atoms with Crippen LogP contribution >= 0.6 is 23.1 Å². The zero-order chi connectivity index (χ0) is 18.1. The number of nitrogens with one attached hydrogen (secondary N) is 1. The summed E-state index contributed by atoms with van der Waals surface area (Å²) in [4.78, 5) is 12.7. The molecule has 1 aliphatic carbocycles. The van der Waals surface area contributed by atoms with Crippen LogP contribution in [0, 0.1) is 5.82 Å². The van der Waals surface area contributed by atoms with E-state index in [1.54, 1.807) is 36.0 Å². The number of amides is 1. The van der Waals surface area contributed by atoms with Gasteiger partial charge in [-0.25, -0.2) is 4.39 Å². The number of nitrogens with zero attached hydrogens (tertiary/aromatic N) is 3. The van der Waals surface area contributed by atoms with Crippen molar-refractivity contribution in [1.82, 2.24) is 15.4 Å². The van der Waals surface area contributed by atoms with Crippen molar-refractivity contribution in [3.8, 4) is 11.3 Å². The quantitative estimate of drug-likeness (QED) is 0.504. The topological polar surface area (TPSA) is 80.9 Å². The van der Waals surface area contributed by atoms with E-state index in [1.165, 1.54) is 17.4 Å². The molecule has 1 saturated carbocycles. The summed E-state index contributed by atoms with van der Waals surface area (Å²) in [5, 5.41) is 15.3. The first-order chi connectivity index (χ1) is 12.6. The molecule has 134 valence electrons. The summed E-state index contributed by atoms with van der Waals surface area (Å²) in [5.41, 5.74) is 0.102. The Morgan fingerprint density at radius 1 is 1.38 bits per heavy atom. The van der Waals surface area contributed by atoms with Crippen LogP contribution in [0.4, 0.5) is 9.52 Å². The largest absolute Gasteiger partial charge is 0.356 e. The smallest absolute Gasteiger partial charge is 0.238 e. The Morgan fingerprint density at radius 3 is 2.92 bits per heavy atom. The van der Waals surface area contributed by atoms with Crippen molar-refractivity contribution >= 4 is 34.1 Å². The Morgan fingerprint density at radius 2 is 2.19 bits per heavy atom. The van der Waals surface area contributed by atoms with E-state index < -0.39 is 5.41 Å².